The second-order valence-electron chi connectivity index (χ2n) is 3.81. The molecule has 1 aromatic heterocycles. The number of hydrogen-bond acceptors (Lipinski definition) is 4. The minimum Gasteiger partial charge on any atom is -0.388 e. The summed E-state index contributed by atoms with van der Waals surface area (Å²) < 4.78 is 12.8. The van der Waals surface area contributed by atoms with Crippen LogP contribution in [0, 0.1) is 12.9 Å². The summed E-state index contributed by atoms with van der Waals surface area (Å²) in [6.07, 6.45) is -1.20. The number of carbonyl (C=O) groups excluding carboxylic acids is 1. The van der Waals surface area contributed by atoms with Crippen molar-refractivity contribution in [3.8, 4) is 0 Å². The maximum absolute atomic E-state index is 12.8. The second-order valence-corrected chi connectivity index (χ2v) is 3.81. The SMILES string of the molecule is CC(=O)NCC(O)C(O)c1cnc(F)cc1C. The molecule has 0 saturated carbocycles. The van der Waals surface area contributed by atoms with Crippen LogP contribution < -0.4 is 5.32 Å². The molecule has 0 saturated heterocycles. The van der Waals surface area contributed by atoms with Crippen LogP contribution in [0.1, 0.15) is 24.2 Å². The molecule has 1 amide bonds. The molecule has 0 aromatic carbocycles. The molecule has 0 spiro atoms. The summed E-state index contributed by atoms with van der Waals surface area (Å²) in [7, 11) is 0. The van der Waals surface area contributed by atoms with Crippen molar-refractivity contribution in [2.75, 3.05) is 6.54 Å². The smallest absolute Gasteiger partial charge is 0.216 e. The predicted octanol–water partition coefficient (Wildman–Crippen LogP) is 0.0595. The van der Waals surface area contributed by atoms with Gasteiger partial charge in [-0.1, -0.05) is 0 Å². The number of aryl methyl sites for hydroxylation is 1. The quantitative estimate of drug-likeness (QED) is 0.652. The van der Waals surface area contributed by atoms with Gasteiger partial charge in [0.1, 0.15) is 12.2 Å². The normalized spacial score (nSPS) is 14.2. The molecule has 94 valence electrons. The second kappa shape index (κ2) is 5.70. The third-order valence-corrected chi connectivity index (χ3v) is 2.36. The van der Waals surface area contributed by atoms with Crippen molar-refractivity contribution >= 4 is 5.91 Å². The van der Waals surface area contributed by atoms with Gasteiger partial charge in [0.15, 0.2) is 0 Å². The van der Waals surface area contributed by atoms with Gasteiger partial charge in [0.25, 0.3) is 0 Å². The maximum Gasteiger partial charge on any atom is 0.216 e. The zero-order chi connectivity index (χ0) is 13.0. The monoisotopic (exact) mass is 242 g/mol. The number of aliphatic hydroxyl groups is 2. The van der Waals surface area contributed by atoms with Crippen LogP contribution in [0.5, 0.6) is 0 Å². The van der Waals surface area contributed by atoms with Crippen LogP contribution in [0.4, 0.5) is 4.39 Å². The van der Waals surface area contributed by atoms with E-state index < -0.39 is 18.2 Å². The van der Waals surface area contributed by atoms with Crippen molar-refractivity contribution in [2.24, 2.45) is 0 Å². The van der Waals surface area contributed by atoms with Gasteiger partial charge in [0.2, 0.25) is 11.9 Å². The van der Waals surface area contributed by atoms with Crippen molar-refractivity contribution < 1.29 is 19.4 Å². The zero-order valence-corrected chi connectivity index (χ0v) is 9.64. The minimum absolute atomic E-state index is 0.0761. The van der Waals surface area contributed by atoms with E-state index in [1.807, 2.05) is 0 Å². The van der Waals surface area contributed by atoms with Gasteiger partial charge >= 0.3 is 0 Å². The van der Waals surface area contributed by atoms with Gasteiger partial charge in [-0.2, -0.15) is 4.39 Å². The Morgan fingerprint density at radius 1 is 1.59 bits per heavy atom. The highest BCUT2D eigenvalue weighted by molar-refractivity contribution is 5.72. The third-order valence-electron chi connectivity index (χ3n) is 2.36. The Hall–Kier alpha value is -1.53. The number of amides is 1. The van der Waals surface area contributed by atoms with Crippen molar-refractivity contribution in [1.29, 1.82) is 0 Å². The molecule has 17 heavy (non-hydrogen) atoms. The van der Waals surface area contributed by atoms with Gasteiger partial charge in [-0.05, 0) is 18.6 Å². The fraction of sp³-hybridized carbons (Fsp3) is 0.455. The summed E-state index contributed by atoms with van der Waals surface area (Å²) in [4.78, 5) is 14.1. The number of aliphatic hydroxyl groups excluding tert-OH is 2. The van der Waals surface area contributed by atoms with Crippen LogP contribution in [0.15, 0.2) is 12.3 Å². The summed E-state index contributed by atoms with van der Waals surface area (Å²) in [6, 6.07) is 1.17. The average molecular weight is 242 g/mol. The van der Waals surface area contributed by atoms with E-state index in [4.69, 9.17) is 0 Å². The highest BCUT2D eigenvalue weighted by Crippen LogP contribution is 2.20. The Bertz CT molecular complexity index is 412. The summed E-state index contributed by atoms with van der Waals surface area (Å²) in [6.45, 7) is 2.84. The van der Waals surface area contributed by atoms with Crippen molar-refractivity contribution in [2.45, 2.75) is 26.1 Å². The Morgan fingerprint density at radius 2 is 2.24 bits per heavy atom. The Balaban J connectivity index is 2.74. The highest BCUT2D eigenvalue weighted by atomic mass is 19.1. The van der Waals surface area contributed by atoms with E-state index in [1.54, 1.807) is 6.92 Å². The van der Waals surface area contributed by atoms with E-state index in [-0.39, 0.29) is 12.5 Å². The molecular formula is C11H15FN2O3. The fourth-order valence-corrected chi connectivity index (χ4v) is 1.41. The van der Waals surface area contributed by atoms with Crippen LogP contribution in [0.3, 0.4) is 0 Å². The summed E-state index contributed by atoms with van der Waals surface area (Å²) >= 11 is 0. The average Bonchev–Trinajstić information content (AvgIpc) is 2.25. The molecule has 0 bridgehead atoms. The highest BCUT2D eigenvalue weighted by Gasteiger charge is 2.20. The van der Waals surface area contributed by atoms with Gasteiger partial charge < -0.3 is 15.5 Å². The standard InChI is InChI=1S/C11H15FN2O3/c1-6-3-10(12)14-4-8(6)11(17)9(16)5-13-7(2)15/h3-4,9,11,16-17H,5H2,1-2H3,(H,13,15). The first-order valence-corrected chi connectivity index (χ1v) is 5.14. The molecule has 1 rings (SSSR count). The summed E-state index contributed by atoms with van der Waals surface area (Å²) in [5, 5.41) is 21.8. The van der Waals surface area contributed by atoms with Gasteiger partial charge in [0, 0.05) is 25.2 Å². The topological polar surface area (TPSA) is 82.5 Å². The van der Waals surface area contributed by atoms with Crippen molar-refractivity contribution in [3.05, 3.63) is 29.3 Å². The summed E-state index contributed by atoms with van der Waals surface area (Å²) in [5.74, 6) is -0.944. The zero-order valence-electron chi connectivity index (χ0n) is 9.64. The first-order valence-electron chi connectivity index (χ1n) is 5.14. The molecule has 1 heterocycles. The van der Waals surface area contributed by atoms with Crippen LogP contribution in [-0.2, 0) is 4.79 Å². The Kier molecular flexibility index (Phi) is 4.53. The number of rotatable bonds is 4. The van der Waals surface area contributed by atoms with E-state index in [0.717, 1.165) is 0 Å². The first-order chi connectivity index (χ1) is 7.91. The number of pyridine rings is 1. The summed E-state index contributed by atoms with van der Waals surface area (Å²) in [5.41, 5.74) is 0.830. The van der Waals surface area contributed by atoms with Gasteiger partial charge in [-0.25, -0.2) is 4.98 Å². The molecule has 0 radical (unpaired) electrons. The Morgan fingerprint density at radius 3 is 2.76 bits per heavy atom. The lowest BCUT2D eigenvalue weighted by molar-refractivity contribution is -0.119. The number of nitrogens with one attached hydrogen (secondary N) is 1. The lowest BCUT2D eigenvalue weighted by Gasteiger charge is -2.19. The molecule has 0 aliphatic rings. The van der Waals surface area contributed by atoms with E-state index in [9.17, 15) is 19.4 Å². The van der Waals surface area contributed by atoms with Crippen molar-refractivity contribution in [1.82, 2.24) is 10.3 Å². The largest absolute Gasteiger partial charge is 0.388 e. The number of halogens is 1. The molecule has 2 unspecified atom stereocenters. The van der Waals surface area contributed by atoms with Gasteiger partial charge in [-0.15, -0.1) is 0 Å². The predicted molar refractivity (Wildman–Crippen MR) is 58.6 cm³/mol. The van der Waals surface area contributed by atoms with Crippen LogP contribution in [0.25, 0.3) is 0 Å². The lowest BCUT2D eigenvalue weighted by Crippen LogP contribution is -2.34. The molecule has 0 fully saturated rings. The fourth-order valence-electron chi connectivity index (χ4n) is 1.41. The van der Waals surface area contributed by atoms with Crippen LogP contribution >= 0.6 is 0 Å². The molecule has 0 aliphatic heterocycles. The van der Waals surface area contributed by atoms with E-state index in [0.29, 0.717) is 11.1 Å². The maximum atomic E-state index is 12.8. The van der Waals surface area contributed by atoms with Crippen LogP contribution in [-0.4, -0.2) is 33.8 Å². The third kappa shape index (κ3) is 3.76. The molecular weight excluding hydrogens is 227 g/mol. The van der Waals surface area contributed by atoms with E-state index in [2.05, 4.69) is 10.3 Å². The molecule has 3 N–H and O–H groups in total. The Labute approximate surface area is 98.3 Å². The number of hydrogen-bond donors (Lipinski definition) is 3. The number of aromatic nitrogens is 1. The van der Waals surface area contributed by atoms with E-state index in [1.165, 1.54) is 19.2 Å². The lowest BCUT2D eigenvalue weighted by atomic mass is 10.0. The van der Waals surface area contributed by atoms with Gasteiger partial charge in [0.05, 0.1) is 0 Å². The van der Waals surface area contributed by atoms with Gasteiger partial charge in [-0.3, -0.25) is 4.79 Å². The molecule has 0 aliphatic carbocycles. The van der Waals surface area contributed by atoms with E-state index >= 15 is 0 Å². The number of carbonyl (C=O) groups is 1. The van der Waals surface area contributed by atoms with Crippen LogP contribution in [0.2, 0.25) is 0 Å². The molecule has 1 aromatic rings. The molecule has 2 atom stereocenters. The molecule has 5 nitrogen and oxygen atoms in total. The van der Waals surface area contributed by atoms with Crippen molar-refractivity contribution in [3.63, 3.8) is 0 Å². The molecule has 6 heteroatoms. The first kappa shape index (κ1) is 13.5. The minimum atomic E-state index is -1.21. The number of nitrogens with zero attached hydrogens (tertiary/aromatic N) is 1.